The van der Waals surface area contributed by atoms with E-state index in [0.717, 1.165) is 16.9 Å². The van der Waals surface area contributed by atoms with Crippen LogP contribution >= 0.6 is 0 Å². The van der Waals surface area contributed by atoms with Crippen LogP contribution in [0.2, 0.25) is 0 Å². The zero-order valence-electron chi connectivity index (χ0n) is 13.7. The average molecular weight is 323 g/mol. The van der Waals surface area contributed by atoms with E-state index in [4.69, 9.17) is 4.42 Å². The maximum absolute atomic E-state index is 9.39. The molecular weight excluding hydrogens is 302 g/mol. The second-order valence-electron chi connectivity index (χ2n) is 5.66. The van der Waals surface area contributed by atoms with Crippen molar-refractivity contribution in [1.82, 2.24) is 14.9 Å². The Morgan fingerprint density at radius 1 is 1.12 bits per heavy atom. The Morgan fingerprint density at radius 2 is 1.96 bits per heavy atom. The minimum atomic E-state index is -0.0465. The summed E-state index contributed by atoms with van der Waals surface area (Å²) in [4.78, 5) is 10.7. The van der Waals surface area contributed by atoms with E-state index in [1.165, 1.54) is 0 Å². The number of aromatic nitrogens is 2. The molecule has 1 aromatic carbocycles. The van der Waals surface area contributed by atoms with Gasteiger partial charge in [0.15, 0.2) is 5.76 Å². The van der Waals surface area contributed by atoms with E-state index in [0.29, 0.717) is 19.0 Å². The number of rotatable bonds is 7. The molecule has 0 aliphatic rings. The number of oxazole rings is 1. The molecule has 3 aromatic rings. The normalized spacial score (nSPS) is 12.5. The maximum atomic E-state index is 9.39. The van der Waals surface area contributed by atoms with Gasteiger partial charge >= 0.3 is 0 Å². The average Bonchev–Trinajstić information content (AvgIpc) is 3.12. The van der Waals surface area contributed by atoms with Gasteiger partial charge in [0.05, 0.1) is 18.8 Å². The van der Waals surface area contributed by atoms with Crippen molar-refractivity contribution in [1.29, 1.82) is 0 Å². The van der Waals surface area contributed by atoms with Crippen LogP contribution in [-0.4, -0.2) is 33.1 Å². The highest BCUT2D eigenvalue weighted by molar-refractivity contribution is 5.55. The molecule has 0 bridgehead atoms. The molecule has 3 rings (SSSR count). The van der Waals surface area contributed by atoms with Gasteiger partial charge in [-0.1, -0.05) is 36.4 Å². The summed E-state index contributed by atoms with van der Waals surface area (Å²) in [5.74, 6) is 1.40. The molecule has 0 radical (unpaired) electrons. The van der Waals surface area contributed by atoms with Gasteiger partial charge in [0.2, 0.25) is 5.89 Å². The fourth-order valence-corrected chi connectivity index (χ4v) is 2.64. The van der Waals surface area contributed by atoms with Crippen LogP contribution in [0.1, 0.15) is 24.4 Å². The van der Waals surface area contributed by atoms with Crippen molar-refractivity contribution in [3.05, 3.63) is 72.5 Å². The van der Waals surface area contributed by atoms with E-state index >= 15 is 0 Å². The molecule has 124 valence electrons. The Hall–Kier alpha value is -2.50. The van der Waals surface area contributed by atoms with Crippen molar-refractivity contribution < 1.29 is 9.52 Å². The standard InChI is InChI=1S/C19H21N3O2/c1-15(22(10-11-23)14-16-6-5-9-20-12-16)19-21-13-18(24-19)17-7-3-2-4-8-17/h2-9,12-13,15,23H,10-11,14H2,1H3. The maximum Gasteiger partial charge on any atom is 0.211 e. The summed E-state index contributed by atoms with van der Waals surface area (Å²) in [6, 6.07) is 13.8. The van der Waals surface area contributed by atoms with Gasteiger partial charge in [0.1, 0.15) is 0 Å². The predicted molar refractivity (Wildman–Crippen MR) is 92.1 cm³/mol. The highest BCUT2D eigenvalue weighted by atomic mass is 16.4. The number of nitrogens with zero attached hydrogens (tertiary/aromatic N) is 3. The smallest absolute Gasteiger partial charge is 0.211 e. The second kappa shape index (κ2) is 7.86. The Bertz CT molecular complexity index is 744. The Labute approximate surface area is 141 Å². The van der Waals surface area contributed by atoms with Crippen LogP contribution in [0.25, 0.3) is 11.3 Å². The first-order chi connectivity index (χ1) is 11.8. The molecule has 5 heteroatoms. The molecule has 0 saturated heterocycles. The fourth-order valence-electron chi connectivity index (χ4n) is 2.64. The SMILES string of the molecule is CC(c1ncc(-c2ccccc2)o1)N(CCO)Cc1cccnc1. The van der Waals surface area contributed by atoms with E-state index in [9.17, 15) is 5.11 Å². The van der Waals surface area contributed by atoms with Crippen LogP contribution in [0.4, 0.5) is 0 Å². The number of pyridine rings is 1. The molecule has 0 aliphatic carbocycles. The molecule has 0 spiro atoms. The number of aliphatic hydroxyl groups excluding tert-OH is 1. The van der Waals surface area contributed by atoms with E-state index in [1.54, 1.807) is 12.4 Å². The Morgan fingerprint density at radius 3 is 2.67 bits per heavy atom. The van der Waals surface area contributed by atoms with Crippen molar-refractivity contribution >= 4 is 0 Å². The minimum Gasteiger partial charge on any atom is -0.439 e. The molecular formula is C19H21N3O2. The van der Waals surface area contributed by atoms with Gasteiger partial charge in [-0.25, -0.2) is 4.98 Å². The van der Waals surface area contributed by atoms with Gasteiger partial charge in [-0.05, 0) is 18.6 Å². The number of hydrogen-bond donors (Lipinski definition) is 1. The molecule has 0 amide bonds. The summed E-state index contributed by atoms with van der Waals surface area (Å²) < 4.78 is 5.95. The minimum absolute atomic E-state index is 0.0465. The van der Waals surface area contributed by atoms with Gasteiger partial charge < -0.3 is 9.52 Å². The van der Waals surface area contributed by atoms with Crippen LogP contribution < -0.4 is 0 Å². The van der Waals surface area contributed by atoms with Crippen molar-refractivity contribution in [2.24, 2.45) is 0 Å². The molecule has 1 N–H and O–H groups in total. The van der Waals surface area contributed by atoms with Gasteiger partial charge in [-0.2, -0.15) is 0 Å². The molecule has 0 aliphatic heterocycles. The first-order valence-corrected chi connectivity index (χ1v) is 8.03. The number of benzene rings is 1. The molecule has 2 heterocycles. The first kappa shape index (κ1) is 16.4. The number of hydrogen-bond acceptors (Lipinski definition) is 5. The summed E-state index contributed by atoms with van der Waals surface area (Å²) in [6.07, 6.45) is 5.34. The molecule has 0 saturated carbocycles. The number of aliphatic hydroxyl groups is 1. The monoisotopic (exact) mass is 323 g/mol. The van der Waals surface area contributed by atoms with Crippen molar-refractivity contribution in [2.45, 2.75) is 19.5 Å². The fraction of sp³-hybridized carbons (Fsp3) is 0.263. The largest absolute Gasteiger partial charge is 0.439 e. The third-order valence-electron chi connectivity index (χ3n) is 3.98. The van der Waals surface area contributed by atoms with Crippen LogP contribution in [0.5, 0.6) is 0 Å². The van der Waals surface area contributed by atoms with Crippen molar-refractivity contribution in [3.8, 4) is 11.3 Å². The second-order valence-corrected chi connectivity index (χ2v) is 5.66. The van der Waals surface area contributed by atoms with Crippen LogP contribution in [0.15, 0.2) is 65.5 Å². The van der Waals surface area contributed by atoms with Crippen molar-refractivity contribution in [3.63, 3.8) is 0 Å². The third-order valence-corrected chi connectivity index (χ3v) is 3.98. The van der Waals surface area contributed by atoms with E-state index in [1.807, 2.05) is 55.6 Å². The summed E-state index contributed by atoms with van der Waals surface area (Å²) in [6.45, 7) is 3.33. The van der Waals surface area contributed by atoms with Crippen LogP contribution in [0.3, 0.4) is 0 Å². The lowest BCUT2D eigenvalue weighted by atomic mass is 10.2. The summed E-state index contributed by atoms with van der Waals surface area (Å²) in [7, 11) is 0. The van der Waals surface area contributed by atoms with Crippen LogP contribution in [-0.2, 0) is 6.54 Å². The molecule has 1 atom stereocenters. The molecule has 2 aromatic heterocycles. The summed E-state index contributed by atoms with van der Waals surface area (Å²) in [5.41, 5.74) is 2.09. The van der Waals surface area contributed by atoms with E-state index in [2.05, 4.69) is 14.9 Å². The summed E-state index contributed by atoms with van der Waals surface area (Å²) >= 11 is 0. The predicted octanol–water partition coefficient (Wildman–Crippen LogP) is 3.29. The first-order valence-electron chi connectivity index (χ1n) is 8.03. The van der Waals surface area contributed by atoms with Gasteiger partial charge in [-0.15, -0.1) is 0 Å². The third kappa shape index (κ3) is 3.88. The summed E-state index contributed by atoms with van der Waals surface area (Å²) in [5, 5.41) is 9.39. The Balaban J connectivity index is 1.77. The molecule has 5 nitrogen and oxygen atoms in total. The van der Waals surface area contributed by atoms with E-state index in [-0.39, 0.29) is 12.6 Å². The van der Waals surface area contributed by atoms with Gasteiger partial charge in [0.25, 0.3) is 0 Å². The highest BCUT2D eigenvalue weighted by Crippen LogP contribution is 2.26. The molecule has 0 fully saturated rings. The molecule has 24 heavy (non-hydrogen) atoms. The van der Waals surface area contributed by atoms with Gasteiger partial charge in [0, 0.05) is 31.0 Å². The van der Waals surface area contributed by atoms with Crippen LogP contribution in [0, 0.1) is 0 Å². The zero-order chi connectivity index (χ0) is 16.8. The lowest BCUT2D eigenvalue weighted by molar-refractivity contribution is 0.135. The lowest BCUT2D eigenvalue weighted by Gasteiger charge is -2.26. The van der Waals surface area contributed by atoms with E-state index < -0.39 is 0 Å². The lowest BCUT2D eigenvalue weighted by Crippen LogP contribution is -2.29. The highest BCUT2D eigenvalue weighted by Gasteiger charge is 2.21. The Kier molecular flexibility index (Phi) is 5.36. The zero-order valence-corrected chi connectivity index (χ0v) is 13.7. The van der Waals surface area contributed by atoms with Crippen molar-refractivity contribution in [2.75, 3.05) is 13.2 Å². The topological polar surface area (TPSA) is 62.4 Å². The quantitative estimate of drug-likeness (QED) is 0.723. The molecule has 1 unspecified atom stereocenters. The van der Waals surface area contributed by atoms with Gasteiger partial charge in [-0.3, -0.25) is 9.88 Å².